The Morgan fingerprint density at radius 1 is 0.878 bits per heavy atom. The first-order valence-electron chi connectivity index (χ1n) is 13.2. The number of morpholine rings is 1. The smallest absolute Gasteiger partial charge is 0.243 e. The van der Waals surface area contributed by atoms with Crippen LogP contribution in [0, 0.1) is 0 Å². The number of nitrogens with zero attached hydrogens (tertiary/aromatic N) is 3. The number of benzene rings is 3. The molecule has 0 atom stereocenters. The Labute approximate surface area is 244 Å². The minimum Gasteiger partial charge on any atom is -0.497 e. The molecular formula is C30H33N3O6S2. The van der Waals surface area contributed by atoms with Gasteiger partial charge in [0, 0.05) is 25.0 Å². The number of aryl methyl sites for hydroxylation is 1. The lowest BCUT2D eigenvalue weighted by Crippen LogP contribution is -2.40. The maximum absolute atomic E-state index is 13.1. The molecule has 1 aliphatic heterocycles. The van der Waals surface area contributed by atoms with Gasteiger partial charge in [0.25, 0.3) is 0 Å². The standard InChI is InChI=1S/C30H33N3O6S2/c1-36-25-9-7-24(8-10-25)31-30-33(15-14-22-4-13-28(37-2)29(20-22)38-3)27(21-40-30)23-5-11-26(12-6-23)41(34,35)32-16-18-39-19-17-32/h4-13,20-21H,14-19H2,1-3H3. The Morgan fingerprint density at radius 3 is 2.24 bits per heavy atom. The summed E-state index contributed by atoms with van der Waals surface area (Å²) in [6.07, 6.45) is 0.726. The van der Waals surface area contributed by atoms with Crippen LogP contribution in [0.1, 0.15) is 5.56 Å². The maximum atomic E-state index is 13.1. The molecule has 0 bridgehead atoms. The zero-order valence-corrected chi connectivity index (χ0v) is 24.9. The molecule has 1 aliphatic rings. The van der Waals surface area contributed by atoms with E-state index in [1.807, 2.05) is 54.6 Å². The highest BCUT2D eigenvalue weighted by Crippen LogP contribution is 2.29. The van der Waals surface area contributed by atoms with Crippen molar-refractivity contribution in [3.05, 3.63) is 82.5 Å². The summed E-state index contributed by atoms with van der Waals surface area (Å²) in [5, 5.41) is 2.06. The SMILES string of the molecule is COc1ccc(N=c2scc(-c3ccc(S(=O)(=O)N4CCOCC4)cc3)n2CCc2ccc(OC)c(OC)c2)cc1. The number of hydrogen-bond donors (Lipinski definition) is 0. The highest BCUT2D eigenvalue weighted by Gasteiger charge is 2.26. The predicted octanol–water partition coefficient (Wildman–Crippen LogP) is 4.74. The van der Waals surface area contributed by atoms with Crippen molar-refractivity contribution in [1.29, 1.82) is 0 Å². The summed E-state index contributed by atoms with van der Waals surface area (Å²) >= 11 is 1.54. The first-order chi connectivity index (χ1) is 19.9. The van der Waals surface area contributed by atoms with Crippen molar-refractivity contribution >= 4 is 27.0 Å². The number of thiazole rings is 1. The summed E-state index contributed by atoms with van der Waals surface area (Å²) in [4.78, 5) is 6.03. The van der Waals surface area contributed by atoms with Gasteiger partial charge >= 0.3 is 0 Å². The van der Waals surface area contributed by atoms with E-state index in [-0.39, 0.29) is 4.90 Å². The number of ether oxygens (including phenoxy) is 4. The molecule has 216 valence electrons. The summed E-state index contributed by atoms with van der Waals surface area (Å²) in [6.45, 7) is 2.19. The van der Waals surface area contributed by atoms with Gasteiger partial charge in [-0.15, -0.1) is 11.3 Å². The third kappa shape index (κ3) is 6.48. The van der Waals surface area contributed by atoms with Crippen molar-refractivity contribution in [3.63, 3.8) is 0 Å². The second-order valence-electron chi connectivity index (χ2n) is 9.35. The van der Waals surface area contributed by atoms with Crippen LogP contribution in [-0.4, -0.2) is 64.9 Å². The molecule has 0 unspecified atom stereocenters. The predicted molar refractivity (Wildman–Crippen MR) is 159 cm³/mol. The molecule has 2 heterocycles. The van der Waals surface area contributed by atoms with Crippen LogP contribution in [0.15, 0.2) is 82.0 Å². The van der Waals surface area contributed by atoms with Crippen molar-refractivity contribution in [2.75, 3.05) is 47.6 Å². The molecule has 4 aromatic rings. The summed E-state index contributed by atoms with van der Waals surface area (Å²) in [5.41, 5.74) is 3.77. The van der Waals surface area contributed by atoms with Crippen LogP contribution in [0.25, 0.3) is 11.3 Å². The molecule has 0 N–H and O–H groups in total. The topological polar surface area (TPSA) is 91.6 Å². The molecule has 5 rings (SSSR count). The zero-order valence-electron chi connectivity index (χ0n) is 23.3. The zero-order chi connectivity index (χ0) is 28.8. The van der Waals surface area contributed by atoms with E-state index in [0.717, 1.165) is 39.5 Å². The van der Waals surface area contributed by atoms with Crippen molar-refractivity contribution in [1.82, 2.24) is 8.87 Å². The van der Waals surface area contributed by atoms with Crippen LogP contribution >= 0.6 is 11.3 Å². The minimum absolute atomic E-state index is 0.276. The Balaban J connectivity index is 1.48. The average Bonchev–Trinajstić information content (AvgIpc) is 3.42. The number of rotatable bonds is 10. The number of aromatic nitrogens is 1. The monoisotopic (exact) mass is 595 g/mol. The molecule has 0 spiro atoms. The fourth-order valence-corrected chi connectivity index (χ4v) is 7.01. The molecule has 0 aliphatic carbocycles. The van der Waals surface area contributed by atoms with Gasteiger partial charge in [0.15, 0.2) is 16.3 Å². The van der Waals surface area contributed by atoms with E-state index >= 15 is 0 Å². The molecule has 9 nitrogen and oxygen atoms in total. The van der Waals surface area contributed by atoms with Gasteiger partial charge in [0.2, 0.25) is 10.0 Å². The van der Waals surface area contributed by atoms with Gasteiger partial charge in [0.05, 0.1) is 50.8 Å². The van der Waals surface area contributed by atoms with Gasteiger partial charge in [-0.1, -0.05) is 18.2 Å². The van der Waals surface area contributed by atoms with Crippen molar-refractivity contribution < 1.29 is 27.4 Å². The van der Waals surface area contributed by atoms with Crippen LogP contribution in [0.5, 0.6) is 17.2 Å². The molecule has 1 aromatic heterocycles. The number of sulfonamides is 1. The van der Waals surface area contributed by atoms with Crippen LogP contribution in [0.2, 0.25) is 0 Å². The Hall–Kier alpha value is -3.64. The van der Waals surface area contributed by atoms with E-state index in [1.165, 1.54) is 15.6 Å². The van der Waals surface area contributed by atoms with E-state index < -0.39 is 10.0 Å². The lowest BCUT2D eigenvalue weighted by Gasteiger charge is -2.26. The summed E-state index contributed by atoms with van der Waals surface area (Å²) in [5.74, 6) is 2.13. The first kappa shape index (κ1) is 28.9. The number of hydrogen-bond acceptors (Lipinski definition) is 8. The first-order valence-corrected chi connectivity index (χ1v) is 15.5. The van der Waals surface area contributed by atoms with Crippen LogP contribution in [0.3, 0.4) is 0 Å². The fourth-order valence-electron chi connectivity index (χ4n) is 4.64. The highest BCUT2D eigenvalue weighted by atomic mass is 32.2. The molecule has 41 heavy (non-hydrogen) atoms. The van der Waals surface area contributed by atoms with Gasteiger partial charge in [0.1, 0.15) is 5.75 Å². The Bertz CT molecular complexity index is 1640. The van der Waals surface area contributed by atoms with Gasteiger partial charge < -0.3 is 23.5 Å². The Morgan fingerprint density at radius 2 is 1.59 bits per heavy atom. The van der Waals surface area contributed by atoms with Crippen molar-refractivity contribution in [2.45, 2.75) is 17.9 Å². The van der Waals surface area contributed by atoms with Gasteiger partial charge in [-0.2, -0.15) is 4.31 Å². The summed E-state index contributed by atoms with van der Waals surface area (Å²) in [6, 6.07) is 20.6. The van der Waals surface area contributed by atoms with Crippen LogP contribution in [0.4, 0.5) is 5.69 Å². The van der Waals surface area contributed by atoms with Gasteiger partial charge in [-0.05, 0) is 66.1 Å². The largest absolute Gasteiger partial charge is 0.497 e. The summed E-state index contributed by atoms with van der Waals surface area (Å²) in [7, 11) is 1.31. The Kier molecular flexibility index (Phi) is 9.09. The van der Waals surface area contributed by atoms with E-state index in [2.05, 4.69) is 9.95 Å². The maximum Gasteiger partial charge on any atom is 0.243 e. The van der Waals surface area contributed by atoms with Gasteiger partial charge in [-0.25, -0.2) is 13.4 Å². The molecule has 1 saturated heterocycles. The average molecular weight is 596 g/mol. The second kappa shape index (κ2) is 12.9. The molecule has 0 radical (unpaired) electrons. The molecule has 1 fully saturated rings. The van der Waals surface area contributed by atoms with Crippen molar-refractivity contribution in [3.8, 4) is 28.5 Å². The highest BCUT2D eigenvalue weighted by molar-refractivity contribution is 7.89. The second-order valence-corrected chi connectivity index (χ2v) is 12.1. The minimum atomic E-state index is -3.57. The van der Waals surface area contributed by atoms with E-state index in [4.69, 9.17) is 23.9 Å². The van der Waals surface area contributed by atoms with E-state index in [9.17, 15) is 8.42 Å². The van der Waals surface area contributed by atoms with Crippen molar-refractivity contribution in [2.24, 2.45) is 4.99 Å². The molecule has 11 heteroatoms. The fraction of sp³-hybridized carbons (Fsp3) is 0.300. The lowest BCUT2D eigenvalue weighted by atomic mass is 10.1. The molecule has 0 amide bonds. The third-order valence-electron chi connectivity index (χ3n) is 6.92. The lowest BCUT2D eigenvalue weighted by molar-refractivity contribution is 0.0730. The van der Waals surface area contributed by atoms with E-state index in [1.54, 1.807) is 33.5 Å². The van der Waals surface area contributed by atoms with Crippen LogP contribution < -0.4 is 19.0 Å². The van der Waals surface area contributed by atoms with Gasteiger partial charge in [-0.3, -0.25) is 0 Å². The normalized spacial score (nSPS) is 14.7. The molecule has 3 aromatic carbocycles. The molecular weight excluding hydrogens is 562 g/mol. The third-order valence-corrected chi connectivity index (χ3v) is 9.70. The van der Waals surface area contributed by atoms with E-state index in [0.29, 0.717) is 44.3 Å². The van der Waals surface area contributed by atoms with Crippen LogP contribution in [-0.2, 0) is 27.7 Å². The summed E-state index contributed by atoms with van der Waals surface area (Å²) < 4.78 is 51.4. The molecule has 0 saturated carbocycles. The quantitative estimate of drug-likeness (QED) is 0.263. The number of methoxy groups -OCH3 is 3.